The Bertz CT molecular complexity index is 570. The fraction of sp³-hybridized carbons (Fsp3) is 0.737. The zero-order valence-electron chi connectivity index (χ0n) is 14.7. The minimum atomic E-state index is -0.0395. The summed E-state index contributed by atoms with van der Waals surface area (Å²) in [5.41, 5.74) is 1.73. The van der Waals surface area contributed by atoms with Gasteiger partial charge in [-0.05, 0) is 38.5 Å². The highest BCUT2D eigenvalue weighted by molar-refractivity contribution is 5.76. The zero-order chi connectivity index (χ0) is 16.9. The van der Waals surface area contributed by atoms with Gasteiger partial charge in [0.25, 0.3) is 0 Å². The molecule has 1 unspecified atom stereocenters. The van der Waals surface area contributed by atoms with Gasteiger partial charge in [-0.1, -0.05) is 19.3 Å². The lowest BCUT2D eigenvalue weighted by Gasteiger charge is -2.34. The molecule has 1 N–H and O–H groups in total. The van der Waals surface area contributed by atoms with Crippen LogP contribution in [0.25, 0.3) is 0 Å². The van der Waals surface area contributed by atoms with Gasteiger partial charge >= 0.3 is 0 Å². The molecule has 0 bridgehead atoms. The maximum Gasteiger partial charge on any atom is 0.222 e. The van der Waals surface area contributed by atoms with Crippen molar-refractivity contribution in [2.24, 2.45) is 5.92 Å². The standard InChI is InChI=1S/C19H29N3O2/c1-14-20-11-17(13-23)19(21-14)16-8-5-9-22(12-16)18(24)10-15-6-3-2-4-7-15/h11,15-16,23H,2-10,12-13H2,1H3. The number of aliphatic hydroxyl groups is 1. The van der Waals surface area contributed by atoms with Crippen molar-refractivity contribution in [1.82, 2.24) is 14.9 Å². The van der Waals surface area contributed by atoms with Gasteiger partial charge in [-0.2, -0.15) is 0 Å². The molecule has 1 aromatic heterocycles. The summed E-state index contributed by atoms with van der Waals surface area (Å²) in [6, 6.07) is 0. The van der Waals surface area contributed by atoms with Crippen molar-refractivity contribution in [3.8, 4) is 0 Å². The van der Waals surface area contributed by atoms with Crippen molar-refractivity contribution in [2.45, 2.75) is 70.8 Å². The van der Waals surface area contributed by atoms with Crippen LogP contribution in [0.5, 0.6) is 0 Å². The number of carbonyl (C=O) groups excluding carboxylic acids is 1. The number of aliphatic hydroxyl groups excluding tert-OH is 1. The summed E-state index contributed by atoms with van der Waals surface area (Å²) in [6.07, 6.45) is 10.8. The van der Waals surface area contributed by atoms with Crippen LogP contribution < -0.4 is 0 Å². The minimum Gasteiger partial charge on any atom is -0.392 e. The summed E-state index contributed by atoms with van der Waals surface area (Å²) < 4.78 is 0. The van der Waals surface area contributed by atoms with E-state index in [1.807, 2.05) is 11.8 Å². The van der Waals surface area contributed by atoms with Crippen LogP contribution in [0, 0.1) is 12.8 Å². The first kappa shape index (κ1) is 17.3. The summed E-state index contributed by atoms with van der Waals surface area (Å²) in [4.78, 5) is 23.5. The highest BCUT2D eigenvalue weighted by Gasteiger charge is 2.28. The molecule has 2 aliphatic rings. The second kappa shape index (κ2) is 8.06. The number of hydrogen-bond acceptors (Lipinski definition) is 4. The number of aryl methyl sites for hydroxylation is 1. The van der Waals surface area contributed by atoms with E-state index < -0.39 is 0 Å². The summed E-state index contributed by atoms with van der Waals surface area (Å²) in [6.45, 7) is 3.43. The first-order chi connectivity index (χ1) is 11.7. The number of nitrogens with zero attached hydrogens (tertiary/aromatic N) is 3. The van der Waals surface area contributed by atoms with Crippen LogP contribution in [-0.4, -0.2) is 39.0 Å². The van der Waals surface area contributed by atoms with Gasteiger partial charge in [-0.15, -0.1) is 0 Å². The topological polar surface area (TPSA) is 66.3 Å². The van der Waals surface area contributed by atoms with Crippen LogP contribution in [0.15, 0.2) is 6.20 Å². The predicted molar refractivity (Wildman–Crippen MR) is 92.4 cm³/mol. The number of hydrogen-bond donors (Lipinski definition) is 1. The number of piperidine rings is 1. The number of rotatable bonds is 4. The lowest BCUT2D eigenvalue weighted by molar-refractivity contribution is -0.133. The highest BCUT2D eigenvalue weighted by Crippen LogP contribution is 2.31. The molecule has 1 atom stereocenters. The Morgan fingerprint density at radius 2 is 2.04 bits per heavy atom. The van der Waals surface area contributed by atoms with Gasteiger partial charge in [0.1, 0.15) is 5.82 Å². The zero-order valence-corrected chi connectivity index (χ0v) is 14.7. The van der Waals surface area contributed by atoms with Crippen molar-refractivity contribution in [3.63, 3.8) is 0 Å². The third kappa shape index (κ3) is 4.12. The molecule has 2 fully saturated rings. The molecule has 0 radical (unpaired) electrons. The van der Waals surface area contributed by atoms with E-state index in [1.165, 1.54) is 32.1 Å². The molecule has 3 rings (SSSR count). The van der Waals surface area contributed by atoms with Crippen LogP contribution in [0.2, 0.25) is 0 Å². The Hall–Kier alpha value is -1.49. The number of amides is 1. The molecule has 0 spiro atoms. The SMILES string of the molecule is Cc1ncc(CO)c(C2CCCN(C(=O)CC3CCCCC3)C2)n1. The second-order valence-corrected chi connectivity index (χ2v) is 7.37. The van der Waals surface area contributed by atoms with Gasteiger partial charge in [0.05, 0.1) is 12.3 Å². The summed E-state index contributed by atoms with van der Waals surface area (Å²) in [5.74, 6) is 1.84. The quantitative estimate of drug-likeness (QED) is 0.921. The summed E-state index contributed by atoms with van der Waals surface area (Å²) >= 11 is 0. The van der Waals surface area contributed by atoms with Crippen molar-refractivity contribution >= 4 is 5.91 Å². The fourth-order valence-corrected chi connectivity index (χ4v) is 4.18. The van der Waals surface area contributed by atoms with Gasteiger partial charge < -0.3 is 10.0 Å². The molecule has 1 aliphatic heterocycles. The Kier molecular flexibility index (Phi) is 5.82. The van der Waals surface area contributed by atoms with Crippen molar-refractivity contribution in [3.05, 3.63) is 23.3 Å². The van der Waals surface area contributed by atoms with Crippen molar-refractivity contribution < 1.29 is 9.90 Å². The maximum atomic E-state index is 12.7. The molecular weight excluding hydrogens is 302 g/mol. The summed E-state index contributed by atoms with van der Waals surface area (Å²) in [7, 11) is 0. The first-order valence-electron chi connectivity index (χ1n) is 9.38. The predicted octanol–water partition coefficient (Wildman–Crippen LogP) is 2.95. The molecule has 5 heteroatoms. The highest BCUT2D eigenvalue weighted by atomic mass is 16.3. The van der Waals surface area contributed by atoms with E-state index in [0.717, 1.165) is 43.0 Å². The number of aromatic nitrogens is 2. The average molecular weight is 331 g/mol. The molecule has 1 saturated heterocycles. The van der Waals surface area contributed by atoms with Crippen LogP contribution in [0.3, 0.4) is 0 Å². The molecule has 5 nitrogen and oxygen atoms in total. The van der Waals surface area contributed by atoms with Crippen LogP contribution in [0.1, 0.15) is 74.4 Å². The lowest BCUT2D eigenvalue weighted by atomic mass is 9.86. The molecule has 0 aromatic carbocycles. The molecule has 1 amide bonds. The maximum absolute atomic E-state index is 12.7. The van der Waals surface area contributed by atoms with Crippen molar-refractivity contribution in [1.29, 1.82) is 0 Å². The monoisotopic (exact) mass is 331 g/mol. The Balaban J connectivity index is 1.65. The Morgan fingerprint density at radius 1 is 1.25 bits per heavy atom. The van der Waals surface area contributed by atoms with Gasteiger partial charge in [0, 0.05) is 37.2 Å². The van der Waals surface area contributed by atoms with Crippen LogP contribution in [-0.2, 0) is 11.4 Å². The fourth-order valence-electron chi connectivity index (χ4n) is 4.18. The smallest absolute Gasteiger partial charge is 0.222 e. The van der Waals surface area contributed by atoms with Gasteiger partial charge in [-0.25, -0.2) is 9.97 Å². The molecule has 24 heavy (non-hydrogen) atoms. The molecule has 132 valence electrons. The first-order valence-corrected chi connectivity index (χ1v) is 9.38. The van der Waals surface area contributed by atoms with E-state index >= 15 is 0 Å². The summed E-state index contributed by atoms with van der Waals surface area (Å²) in [5, 5.41) is 9.57. The van der Waals surface area contributed by atoms with E-state index in [4.69, 9.17) is 0 Å². The van der Waals surface area contributed by atoms with Crippen LogP contribution in [0.4, 0.5) is 0 Å². The minimum absolute atomic E-state index is 0.0395. The third-order valence-corrected chi connectivity index (χ3v) is 5.54. The largest absolute Gasteiger partial charge is 0.392 e. The average Bonchev–Trinajstić information content (AvgIpc) is 2.62. The van der Waals surface area contributed by atoms with Gasteiger partial charge in [0.2, 0.25) is 5.91 Å². The van der Waals surface area contributed by atoms with E-state index in [-0.39, 0.29) is 12.5 Å². The van der Waals surface area contributed by atoms with E-state index in [0.29, 0.717) is 18.2 Å². The molecule has 2 heterocycles. The molecule has 1 aliphatic carbocycles. The van der Waals surface area contributed by atoms with E-state index in [9.17, 15) is 9.90 Å². The van der Waals surface area contributed by atoms with Gasteiger partial charge in [-0.3, -0.25) is 4.79 Å². The number of carbonyl (C=O) groups is 1. The molecular formula is C19H29N3O2. The second-order valence-electron chi connectivity index (χ2n) is 7.37. The normalized spacial score (nSPS) is 22.6. The lowest BCUT2D eigenvalue weighted by Crippen LogP contribution is -2.40. The Morgan fingerprint density at radius 3 is 2.79 bits per heavy atom. The Labute approximate surface area is 144 Å². The number of likely N-dealkylation sites (tertiary alicyclic amines) is 1. The molecule has 1 aromatic rings. The van der Waals surface area contributed by atoms with E-state index in [2.05, 4.69) is 9.97 Å². The van der Waals surface area contributed by atoms with Crippen LogP contribution >= 0.6 is 0 Å². The molecule has 1 saturated carbocycles. The van der Waals surface area contributed by atoms with Crippen molar-refractivity contribution in [2.75, 3.05) is 13.1 Å². The van der Waals surface area contributed by atoms with E-state index in [1.54, 1.807) is 6.20 Å². The third-order valence-electron chi connectivity index (χ3n) is 5.54. The van der Waals surface area contributed by atoms with Gasteiger partial charge in [0.15, 0.2) is 0 Å².